The van der Waals surface area contributed by atoms with Gasteiger partial charge in [-0.1, -0.05) is 36.4 Å². The quantitative estimate of drug-likeness (QED) is 0.295. The van der Waals surface area contributed by atoms with Crippen molar-refractivity contribution in [1.82, 2.24) is 24.7 Å². The van der Waals surface area contributed by atoms with Gasteiger partial charge in [-0.25, -0.2) is 0 Å². The molecule has 0 unspecified atom stereocenters. The molecule has 210 valence electrons. The fraction of sp³-hybridized carbons (Fsp3) is 0.419. The van der Waals surface area contributed by atoms with Crippen LogP contribution in [0.3, 0.4) is 0 Å². The summed E-state index contributed by atoms with van der Waals surface area (Å²) in [6.45, 7) is 5.90. The fourth-order valence-electron chi connectivity index (χ4n) is 5.92. The molecule has 40 heavy (non-hydrogen) atoms. The van der Waals surface area contributed by atoms with Crippen molar-refractivity contribution >= 4 is 33.6 Å². The van der Waals surface area contributed by atoms with Crippen molar-refractivity contribution in [2.24, 2.45) is 0 Å². The molecule has 0 aliphatic carbocycles. The zero-order chi connectivity index (χ0) is 27.5. The van der Waals surface area contributed by atoms with Crippen LogP contribution in [-0.2, 0) is 13.1 Å². The van der Waals surface area contributed by atoms with Crippen molar-refractivity contribution in [2.45, 2.75) is 38.8 Å². The van der Waals surface area contributed by atoms with Crippen LogP contribution < -0.4 is 20.1 Å². The number of fused-ring (bicyclic) bond motifs is 6. The van der Waals surface area contributed by atoms with E-state index >= 15 is 0 Å². The molecule has 2 aromatic heterocycles. The summed E-state index contributed by atoms with van der Waals surface area (Å²) in [7, 11) is 2.07. The highest BCUT2D eigenvalue weighted by atomic mass is 16.5. The lowest BCUT2D eigenvalue weighted by atomic mass is 10.1. The second-order valence-electron chi connectivity index (χ2n) is 10.6. The second-order valence-corrected chi connectivity index (χ2v) is 10.6. The average molecular weight is 544 g/mol. The van der Waals surface area contributed by atoms with Gasteiger partial charge < -0.3 is 34.1 Å². The molecule has 6 rings (SSSR count). The molecule has 0 spiro atoms. The van der Waals surface area contributed by atoms with Crippen molar-refractivity contribution in [2.75, 3.05) is 46.4 Å². The normalized spacial score (nSPS) is 14.4. The monoisotopic (exact) mass is 543 g/mol. The van der Waals surface area contributed by atoms with Crippen LogP contribution in [0, 0.1) is 0 Å². The maximum atomic E-state index is 13.1. The summed E-state index contributed by atoms with van der Waals surface area (Å²) in [6, 6.07) is 16.0. The van der Waals surface area contributed by atoms with Crippen LogP contribution in [0.4, 0.5) is 0 Å². The first kappa shape index (κ1) is 26.3. The van der Waals surface area contributed by atoms with Crippen LogP contribution in [0.2, 0.25) is 0 Å². The molecule has 0 saturated heterocycles. The van der Waals surface area contributed by atoms with Gasteiger partial charge in [0.05, 0.1) is 24.2 Å². The molecule has 2 aromatic carbocycles. The first-order valence-electron chi connectivity index (χ1n) is 14.4. The first-order chi connectivity index (χ1) is 19.6. The maximum Gasteiger partial charge on any atom is 0.257 e. The average Bonchev–Trinajstić information content (AvgIpc) is 3.51. The minimum absolute atomic E-state index is 0.0819. The Kier molecular flexibility index (Phi) is 7.64. The number of rotatable bonds is 10. The van der Waals surface area contributed by atoms with Gasteiger partial charge in [0.1, 0.15) is 11.1 Å². The van der Waals surface area contributed by atoms with Gasteiger partial charge in [0.25, 0.3) is 11.8 Å². The van der Waals surface area contributed by atoms with Crippen LogP contribution >= 0.6 is 0 Å². The van der Waals surface area contributed by atoms with Gasteiger partial charge >= 0.3 is 0 Å². The molecule has 0 fully saturated rings. The highest BCUT2D eigenvalue weighted by Crippen LogP contribution is 2.35. The lowest BCUT2D eigenvalue weighted by Crippen LogP contribution is -2.31. The number of carbonyl (C=O) groups is 2. The van der Waals surface area contributed by atoms with E-state index in [1.165, 1.54) is 0 Å². The van der Waals surface area contributed by atoms with Crippen LogP contribution in [0.15, 0.2) is 48.5 Å². The van der Waals surface area contributed by atoms with E-state index in [0.29, 0.717) is 49.2 Å². The Labute approximate surface area is 234 Å². The van der Waals surface area contributed by atoms with E-state index in [0.717, 1.165) is 73.7 Å². The van der Waals surface area contributed by atoms with Crippen LogP contribution in [0.1, 0.15) is 46.4 Å². The summed E-state index contributed by atoms with van der Waals surface area (Å²) in [5, 5.41) is 8.06. The Hall–Kier alpha value is -3.98. The summed E-state index contributed by atoms with van der Waals surface area (Å²) in [5.41, 5.74) is 3.38. The summed E-state index contributed by atoms with van der Waals surface area (Å²) >= 11 is 0. The van der Waals surface area contributed by atoms with E-state index in [2.05, 4.69) is 31.7 Å². The molecule has 0 atom stereocenters. The van der Waals surface area contributed by atoms with Gasteiger partial charge in [-0.05, 0) is 58.0 Å². The van der Waals surface area contributed by atoms with Crippen LogP contribution in [0.25, 0.3) is 21.8 Å². The number of ether oxygens (including phenoxy) is 2. The van der Waals surface area contributed by atoms with Crippen molar-refractivity contribution in [1.29, 1.82) is 0 Å². The molecular formula is C31H37N5O4. The Morgan fingerprint density at radius 1 is 0.750 bits per heavy atom. The summed E-state index contributed by atoms with van der Waals surface area (Å²) < 4.78 is 16.0. The summed E-state index contributed by atoms with van der Waals surface area (Å²) in [5.74, 6) is 1.21. The number of nitrogens with one attached hydrogen (secondary N) is 2. The number of carbonyl (C=O) groups excluding carboxylic acids is 2. The zero-order valence-corrected chi connectivity index (χ0v) is 23.1. The first-order valence-corrected chi connectivity index (χ1v) is 14.4. The third-order valence-corrected chi connectivity index (χ3v) is 7.83. The molecule has 0 radical (unpaired) electrons. The van der Waals surface area contributed by atoms with Gasteiger partial charge in [0.15, 0.2) is 0 Å². The maximum absolute atomic E-state index is 13.1. The Balaban J connectivity index is 0.955. The highest BCUT2D eigenvalue weighted by Gasteiger charge is 2.27. The molecule has 4 heterocycles. The fourth-order valence-corrected chi connectivity index (χ4v) is 5.92. The van der Waals surface area contributed by atoms with E-state index in [1.807, 2.05) is 48.5 Å². The molecule has 0 bridgehead atoms. The number of benzene rings is 2. The van der Waals surface area contributed by atoms with E-state index < -0.39 is 0 Å². The SMILES string of the molecule is CN(CCCNC(=O)c1c2n(c3ccccc13)CCCO2)CCCNC(=O)c1c2n(c3ccccc13)CCCO2. The minimum Gasteiger partial charge on any atom is -0.478 e. The Bertz CT molecular complexity index is 1420. The van der Waals surface area contributed by atoms with Crippen LogP contribution in [-0.4, -0.2) is 72.3 Å². The van der Waals surface area contributed by atoms with Gasteiger partial charge in [-0.2, -0.15) is 0 Å². The van der Waals surface area contributed by atoms with Crippen molar-refractivity contribution < 1.29 is 19.1 Å². The molecule has 9 nitrogen and oxygen atoms in total. The third-order valence-electron chi connectivity index (χ3n) is 7.83. The predicted octanol–water partition coefficient (Wildman–Crippen LogP) is 4.03. The molecular weight excluding hydrogens is 506 g/mol. The predicted molar refractivity (Wildman–Crippen MR) is 155 cm³/mol. The lowest BCUT2D eigenvalue weighted by Gasteiger charge is -2.19. The van der Waals surface area contributed by atoms with Gasteiger partial charge in [-0.3, -0.25) is 9.59 Å². The molecule has 9 heteroatoms. The van der Waals surface area contributed by atoms with Crippen molar-refractivity contribution in [3.8, 4) is 11.8 Å². The highest BCUT2D eigenvalue weighted by molar-refractivity contribution is 6.10. The molecule has 2 N–H and O–H groups in total. The Morgan fingerprint density at radius 2 is 1.20 bits per heavy atom. The van der Waals surface area contributed by atoms with Crippen LogP contribution in [0.5, 0.6) is 11.8 Å². The van der Waals surface area contributed by atoms with Gasteiger partial charge in [0, 0.05) is 37.0 Å². The lowest BCUT2D eigenvalue weighted by molar-refractivity contribution is 0.0940. The van der Waals surface area contributed by atoms with E-state index in [4.69, 9.17) is 9.47 Å². The van der Waals surface area contributed by atoms with E-state index in [-0.39, 0.29) is 11.8 Å². The molecule has 2 aliphatic rings. The topological polar surface area (TPSA) is 89.8 Å². The number of hydrogen-bond donors (Lipinski definition) is 2. The molecule has 2 aliphatic heterocycles. The number of nitrogens with zero attached hydrogens (tertiary/aromatic N) is 3. The summed E-state index contributed by atoms with van der Waals surface area (Å²) in [4.78, 5) is 28.5. The second kappa shape index (κ2) is 11.6. The van der Waals surface area contributed by atoms with E-state index in [1.54, 1.807) is 0 Å². The van der Waals surface area contributed by atoms with Gasteiger partial charge in [-0.15, -0.1) is 0 Å². The molecule has 4 aromatic rings. The Morgan fingerprint density at radius 3 is 1.68 bits per heavy atom. The number of aryl methyl sites for hydroxylation is 2. The summed E-state index contributed by atoms with van der Waals surface area (Å²) in [6.07, 6.45) is 3.57. The van der Waals surface area contributed by atoms with Crippen molar-refractivity contribution in [3.05, 3.63) is 59.7 Å². The zero-order valence-electron chi connectivity index (χ0n) is 23.1. The number of amides is 2. The number of hydrogen-bond acceptors (Lipinski definition) is 5. The number of para-hydroxylation sites is 2. The van der Waals surface area contributed by atoms with Crippen molar-refractivity contribution in [3.63, 3.8) is 0 Å². The molecule has 0 saturated carbocycles. The number of aromatic nitrogens is 2. The largest absolute Gasteiger partial charge is 0.478 e. The third kappa shape index (κ3) is 5.01. The standard InChI is InChI=1S/C31H37N5O4/c1-34(16-6-14-32-28(37)26-22-10-2-4-12-24(22)35-18-8-20-39-30(26)35)17-7-15-33-29(38)27-23-11-3-5-13-25(23)36-19-9-21-40-31(27)36/h2-5,10-13H,6-9,14-21H2,1H3,(H,32,37)(H,33,38). The van der Waals surface area contributed by atoms with E-state index in [9.17, 15) is 9.59 Å². The smallest absolute Gasteiger partial charge is 0.257 e. The molecule has 2 amide bonds. The van der Waals surface area contributed by atoms with Gasteiger partial charge in [0.2, 0.25) is 11.8 Å². The minimum atomic E-state index is -0.0819.